The monoisotopic (exact) mass is 376 g/mol. The summed E-state index contributed by atoms with van der Waals surface area (Å²) < 4.78 is 15.7. The van der Waals surface area contributed by atoms with E-state index in [1.807, 2.05) is 24.3 Å². The van der Waals surface area contributed by atoms with Crippen molar-refractivity contribution < 1.29 is 24.4 Å². The molecule has 0 amide bonds. The summed E-state index contributed by atoms with van der Waals surface area (Å²) in [7, 11) is 3.06. The van der Waals surface area contributed by atoms with Gasteiger partial charge in [-0.25, -0.2) is 0 Å². The summed E-state index contributed by atoms with van der Waals surface area (Å²) in [5, 5.41) is 26.5. The highest BCUT2D eigenvalue weighted by atomic mass is 16.5. The average molecular weight is 376 g/mol. The van der Waals surface area contributed by atoms with Gasteiger partial charge in [-0.2, -0.15) is 0 Å². The predicted octanol–water partition coefficient (Wildman–Crippen LogP) is 2.01. The number of benzene rings is 2. The molecule has 0 radical (unpaired) electrons. The molecule has 27 heavy (non-hydrogen) atoms. The lowest BCUT2D eigenvalue weighted by Gasteiger charge is -2.11. The Morgan fingerprint density at radius 3 is 1.59 bits per heavy atom. The van der Waals surface area contributed by atoms with Crippen LogP contribution >= 0.6 is 0 Å². The number of ether oxygens (including phenoxy) is 3. The molecule has 0 unspecified atom stereocenters. The Bertz CT molecular complexity index is 649. The number of hydrogen-bond donors (Lipinski definition) is 4. The summed E-state index contributed by atoms with van der Waals surface area (Å²) in [6.45, 7) is 3.56. The molecule has 0 heterocycles. The first-order chi connectivity index (χ1) is 13.2. The maximum Gasteiger partial charge on any atom is 0.162 e. The van der Waals surface area contributed by atoms with E-state index in [9.17, 15) is 10.2 Å². The van der Waals surface area contributed by atoms with Crippen molar-refractivity contribution in [3.05, 3.63) is 47.5 Å². The third kappa shape index (κ3) is 6.32. The molecule has 7 nitrogen and oxygen atoms in total. The molecular formula is C20H28N2O5. The molecule has 0 atom stereocenters. The Balaban J connectivity index is 1.55. The van der Waals surface area contributed by atoms with E-state index < -0.39 is 0 Å². The third-order valence-electron chi connectivity index (χ3n) is 4.08. The topological polar surface area (TPSA) is 92.2 Å². The standard InChI is InChI=1S/C20H28N2O5/c1-25-17-7-3-5-15(19(17)23)13-21-9-11-27-12-10-22-14-16-6-4-8-18(26-2)20(16)24/h3-8,21-24H,9-14H2,1-2H3. The van der Waals surface area contributed by atoms with Gasteiger partial charge < -0.3 is 35.1 Å². The molecule has 0 spiro atoms. The van der Waals surface area contributed by atoms with E-state index >= 15 is 0 Å². The van der Waals surface area contributed by atoms with Gasteiger partial charge in [-0.3, -0.25) is 0 Å². The Morgan fingerprint density at radius 1 is 0.741 bits per heavy atom. The second-order valence-electron chi connectivity index (χ2n) is 5.90. The molecule has 0 aromatic heterocycles. The summed E-state index contributed by atoms with van der Waals surface area (Å²) in [5.41, 5.74) is 1.57. The Kier molecular flexibility index (Phi) is 8.70. The maximum absolute atomic E-state index is 10.0. The molecule has 2 aromatic carbocycles. The van der Waals surface area contributed by atoms with Gasteiger partial charge in [0.2, 0.25) is 0 Å². The summed E-state index contributed by atoms with van der Waals surface area (Å²) >= 11 is 0. The Hall–Kier alpha value is -2.48. The number of nitrogens with one attached hydrogen (secondary N) is 2. The third-order valence-corrected chi connectivity index (χ3v) is 4.08. The van der Waals surface area contributed by atoms with E-state index in [1.165, 1.54) is 14.2 Å². The van der Waals surface area contributed by atoms with E-state index in [0.29, 0.717) is 50.9 Å². The SMILES string of the molecule is COc1cccc(CNCCOCCNCc2cccc(OC)c2O)c1O. The van der Waals surface area contributed by atoms with Crippen LogP contribution in [0.15, 0.2) is 36.4 Å². The molecule has 2 rings (SSSR count). The van der Waals surface area contributed by atoms with Gasteiger partial charge in [0.25, 0.3) is 0 Å². The Morgan fingerprint density at radius 2 is 1.19 bits per heavy atom. The van der Waals surface area contributed by atoms with Crippen LogP contribution in [0.5, 0.6) is 23.0 Å². The number of aromatic hydroxyl groups is 2. The number of hydrogen-bond acceptors (Lipinski definition) is 7. The highest BCUT2D eigenvalue weighted by Gasteiger charge is 2.07. The molecule has 7 heteroatoms. The number of phenols is 2. The van der Waals surface area contributed by atoms with E-state index in [4.69, 9.17) is 14.2 Å². The van der Waals surface area contributed by atoms with Crippen LogP contribution < -0.4 is 20.1 Å². The van der Waals surface area contributed by atoms with Crippen molar-refractivity contribution in [2.24, 2.45) is 0 Å². The molecule has 0 aliphatic heterocycles. The fraction of sp³-hybridized carbons (Fsp3) is 0.400. The average Bonchev–Trinajstić information content (AvgIpc) is 2.69. The molecule has 0 aliphatic carbocycles. The van der Waals surface area contributed by atoms with Crippen molar-refractivity contribution in [1.82, 2.24) is 10.6 Å². The zero-order valence-corrected chi connectivity index (χ0v) is 15.8. The lowest BCUT2D eigenvalue weighted by molar-refractivity contribution is 0.137. The van der Waals surface area contributed by atoms with Gasteiger partial charge in [-0.05, 0) is 12.1 Å². The number of methoxy groups -OCH3 is 2. The van der Waals surface area contributed by atoms with E-state index in [0.717, 1.165) is 11.1 Å². The lowest BCUT2D eigenvalue weighted by Crippen LogP contribution is -2.23. The first kappa shape index (κ1) is 20.8. The molecule has 0 fully saturated rings. The van der Waals surface area contributed by atoms with E-state index in [2.05, 4.69) is 10.6 Å². The first-order valence-electron chi connectivity index (χ1n) is 8.86. The molecule has 148 valence electrons. The van der Waals surface area contributed by atoms with Crippen LogP contribution in [-0.2, 0) is 17.8 Å². The van der Waals surface area contributed by atoms with Gasteiger partial charge in [0, 0.05) is 37.3 Å². The molecule has 0 saturated carbocycles. The normalized spacial score (nSPS) is 10.7. The van der Waals surface area contributed by atoms with Crippen molar-refractivity contribution in [2.45, 2.75) is 13.1 Å². The molecule has 0 bridgehead atoms. The second-order valence-corrected chi connectivity index (χ2v) is 5.90. The van der Waals surface area contributed by atoms with Crippen LogP contribution in [0, 0.1) is 0 Å². The summed E-state index contributed by atoms with van der Waals surface area (Å²) in [4.78, 5) is 0. The van der Waals surface area contributed by atoms with Crippen LogP contribution in [0.3, 0.4) is 0 Å². The molecule has 4 N–H and O–H groups in total. The zero-order chi connectivity index (χ0) is 19.5. The highest BCUT2D eigenvalue weighted by Crippen LogP contribution is 2.29. The minimum absolute atomic E-state index is 0.165. The summed E-state index contributed by atoms with van der Waals surface area (Å²) in [5.74, 6) is 1.27. The van der Waals surface area contributed by atoms with Crippen LogP contribution in [-0.4, -0.2) is 50.7 Å². The fourth-order valence-corrected chi connectivity index (χ4v) is 2.59. The lowest BCUT2D eigenvalue weighted by atomic mass is 10.2. The van der Waals surface area contributed by atoms with Crippen molar-refractivity contribution in [3.8, 4) is 23.0 Å². The van der Waals surface area contributed by atoms with Gasteiger partial charge in [0.05, 0.1) is 27.4 Å². The van der Waals surface area contributed by atoms with Crippen LogP contribution in [0.2, 0.25) is 0 Å². The number of para-hydroxylation sites is 2. The predicted molar refractivity (Wildman–Crippen MR) is 104 cm³/mol. The summed E-state index contributed by atoms with van der Waals surface area (Å²) in [6, 6.07) is 10.8. The fourth-order valence-electron chi connectivity index (χ4n) is 2.59. The van der Waals surface area contributed by atoms with Crippen molar-refractivity contribution in [3.63, 3.8) is 0 Å². The van der Waals surface area contributed by atoms with Gasteiger partial charge in [-0.1, -0.05) is 24.3 Å². The molecule has 2 aromatic rings. The van der Waals surface area contributed by atoms with Crippen LogP contribution in [0.4, 0.5) is 0 Å². The van der Waals surface area contributed by atoms with Crippen LogP contribution in [0.1, 0.15) is 11.1 Å². The maximum atomic E-state index is 10.0. The minimum Gasteiger partial charge on any atom is -0.504 e. The van der Waals surface area contributed by atoms with E-state index in [-0.39, 0.29) is 11.5 Å². The molecule has 0 saturated heterocycles. The van der Waals surface area contributed by atoms with Crippen LogP contribution in [0.25, 0.3) is 0 Å². The first-order valence-corrected chi connectivity index (χ1v) is 8.86. The molecular weight excluding hydrogens is 348 g/mol. The van der Waals surface area contributed by atoms with Gasteiger partial charge in [-0.15, -0.1) is 0 Å². The largest absolute Gasteiger partial charge is 0.504 e. The van der Waals surface area contributed by atoms with Gasteiger partial charge in [0.1, 0.15) is 0 Å². The molecule has 0 aliphatic rings. The van der Waals surface area contributed by atoms with E-state index in [1.54, 1.807) is 12.1 Å². The second kappa shape index (κ2) is 11.3. The van der Waals surface area contributed by atoms with Gasteiger partial charge in [0.15, 0.2) is 23.0 Å². The van der Waals surface area contributed by atoms with Crippen molar-refractivity contribution >= 4 is 0 Å². The minimum atomic E-state index is 0.165. The quantitative estimate of drug-likeness (QED) is 0.421. The number of rotatable bonds is 12. The highest BCUT2D eigenvalue weighted by molar-refractivity contribution is 5.45. The zero-order valence-electron chi connectivity index (χ0n) is 15.8. The van der Waals surface area contributed by atoms with Crippen molar-refractivity contribution in [2.75, 3.05) is 40.5 Å². The van der Waals surface area contributed by atoms with Gasteiger partial charge >= 0.3 is 0 Å². The Labute approximate surface area is 159 Å². The number of phenolic OH excluding ortho intramolecular Hbond substituents is 2. The summed E-state index contributed by atoms with van der Waals surface area (Å²) in [6.07, 6.45) is 0. The van der Waals surface area contributed by atoms with Crippen molar-refractivity contribution in [1.29, 1.82) is 0 Å². The smallest absolute Gasteiger partial charge is 0.162 e.